The third kappa shape index (κ3) is 2.83. The number of piperidine rings is 1. The molecule has 184 valence electrons. The minimum atomic E-state index is -0.268. The predicted molar refractivity (Wildman–Crippen MR) is 134 cm³/mol. The van der Waals surface area contributed by atoms with Crippen LogP contribution in [0.3, 0.4) is 0 Å². The maximum atomic E-state index is 13.7. The van der Waals surface area contributed by atoms with Crippen molar-refractivity contribution >= 4 is 46.5 Å². The lowest BCUT2D eigenvalue weighted by atomic mass is 9.60. The second-order valence-electron chi connectivity index (χ2n) is 10.6. The quantitative estimate of drug-likeness (QED) is 0.295. The number of halogens is 2. The number of methoxy groups -OCH3 is 1. The van der Waals surface area contributed by atoms with Gasteiger partial charge in [-0.2, -0.15) is 0 Å². The van der Waals surface area contributed by atoms with Crippen molar-refractivity contribution in [2.24, 2.45) is 40.9 Å². The van der Waals surface area contributed by atoms with Gasteiger partial charge in [0.25, 0.3) is 0 Å². The molecule has 0 N–H and O–H groups in total. The van der Waals surface area contributed by atoms with Gasteiger partial charge in [0.05, 0.1) is 22.8 Å². The summed E-state index contributed by atoms with van der Waals surface area (Å²) >= 11 is 12.9. The first kappa shape index (κ1) is 22.4. The van der Waals surface area contributed by atoms with Crippen LogP contribution in [0.4, 0.5) is 5.69 Å². The number of benzene rings is 2. The highest BCUT2D eigenvalue weighted by atomic mass is 35.5. The Bertz CT molecular complexity index is 1350. The Morgan fingerprint density at radius 2 is 1.81 bits per heavy atom. The Kier molecular flexibility index (Phi) is 4.72. The highest BCUT2D eigenvalue weighted by Gasteiger charge is 2.86. The number of fused-ring (bicyclic) bond motifs is 2. The van der Waals surface area contributed by atoms with Gasteiger partial charge in [-0.05, 0) is 77.8 Å². The number of ether oxygens (including phenoxy) is 2. The molecule has 1 aliphatic heterocycles. The monoisotopic (exact) mass is 523 g/mol. The van der Waals surface area contributed by atoms with E-state index in [-0.39, 0.29) is 63.2 Å². The summed E-state index contributed by atoms with van der Waals surface area (Å²) in [6.45, 7) is -0.268. The zero-order valence-electron chi connectivity index (χ0n) is 19.4. The van der Waals surface area contributed by atoms with Crippen molar-refractivity contribution < 1.29 is 23.9 Å². The SMILES string of the molecule is COc1ccc(C(=O)COc2c(Cl)cc(N3C(=O)CC4C(C3=O)C3C=CC5CC46C5C36)cc2Cl)cc1. The van der Waals surface area contributed by atoms with E-state index < -0.39 is 0 Å². The summed E-state index contributed by atoms with van der Waals surface area (Å²) < 4.78 is 10.8. The van der Waals surface area contributed by atoms with E-state index in [9.17, 15) is 14.4 Å². The second-order valence-corrected chi connectivity index (χ2v) is 11.4. The highest BCUT2D eigenvalue weighted by molar-refractivity contribution is 6.38. The predicted octanol–water partition coefficient (Wildman–Crippen LogP) is 5.21. The molecule has 2 amide bonds. The summed E-state index contributed by atoms with van der Waals surface area (Å²) in [6, 6.07) is 9.72. The minimum absolute atomic E-state index is 0.134. The highest BCUT2D eigenvalue weighted by Crippen LogP contribution is 2.88. The van der Waals surface area contributed by atoms with Crippen LogP contribution in [-0.4, -0.2) is 31.3 Å². The lowest BCUT2D eigenvalue weighted by Crippen LogP contribution is -2.54. The van der Waals surface area contributed by atoms with Crippen LogP contribution in [0.1, 0.15) is 23.2 Å². The smallest absolute Gasteiger partial charge is 0.237 e. The summed E-state index contributed by atoms with van der Waals surface area (Å²) in [5.74, 6) is 2.26. The lowest BCUT2D eigenvalue weighted by Gasteiger charge is -2.46. The number of hydrogen-bond acceptors (Lipinski definition) is 5. The van der Waals surface area contributed by atoms with Gasteiger partial charge in [-0.3, -0.25) is 19.3 Å². The van der Waals surface area contributed by atoms with Crippen molar-refractivity contribution in [3.8, 4) is 11.5 Å². The van der Waals surface area contributed by atoms with E-state index in [0.29, 0.717) is 41.2 Å². The van der Waals surface area contributed by atoms with Crippen LogP contribution in [0.15, 0.2) is 48.6 Å². The topological polar surface area (TPSA) is 72.9 Å². The molecule has 4 fully saturated rings. The number of imide groups is 1. The maximum Gasteiger partial charge on any atom is 0.237 e. The van der Waals surface area contributed by atoms with Gasteiger partial charge in [-0.25, -0.2) is 0 Å². The normalized spacial score (nSPS) is 34.6. The second kappa shape index (κ2) is 7.59. The molecule has 7 atom stereocenters. The van der Waals surface area contributed by atoms with Gasteiger partial charge in [0.15, 0.2) is 18.1 Å². The van der Waals surface area contributed by atoms with Crippen LogP contribution in [0.2, 0.25) is 10.0 Å². The molecule has 0 radical (unpaired) electrons. The van der Waals surface area contributed by atoms with Crippen LogP contribution in [0.5, 0.6) is 11.5 Å². The molecule has 4 aliphatic carbocycles. The van der Waals surface area contributed by atoms with Crippen molar-refractivity contribution in [3.63, 3.8) is 0 Å². The van der Waals surface area contributed by atoms with Gasteiger partial charge >= 0.3 is 0 Å². The standard InChI is InChI=1S/C28H23Cl2NO5/c1-35-16-5-2-13(3-6-16)21(32)12-36-26-19(29)8-15(9-20(26)30)31-22(33)10-18-23(27(31)34)17-7-4-14-11-28(18)24(14)25(17)28/h2-9,14,17-18,23-25H,10-12H2,1H3. The van der Waals surface area contributed by atoms with E-state index in [1.54, 1.807) is 31.4 Å². The molecule has 2 aromatic carbocycles. The minimum Gasteiger partial charge on any atom is -0.497 e. The fourth-order valence-corrected chi connectivity index (χ4v) is 8.47. The van der Waals surface area contributed by atoms with Crippen LogP contribution >= 0.6 is 23.2 Å². The van der Waals surface area contributed by atoms with Crippen molar-refractivity contribution in [2.75, 3.05) is 18.6 Å². The molecule has 7 unspecified atom stereocenters. The molecule has 1 spiro atoms. The average molecular weight is 524 g/mol. The van der Waals surface area contributed by atoms with E-state index in [2.05, 4.69) is 12.2 Å². The van der Waals surface area contributed by atoms with E-state index in [1.807, 2.05) is 0 Å². The number of Topliss-reactive ketones (excluding diaryl/α,β-unsaturated/α-hetero) is 1. The molecular weight excluding hydrogens is 501 g/mol. The summed E-state index contributed by atoms with van der Waals surface area (Å²) in [4.78, 5) is 40.7. The number of rotatable bonds is 6. The van der Waals surface area contributed by atoms with Crippen molar-refractivity contribution in [3.05, 3.63) is 64.2 Å². The molecule has 1 saturated heterocycles. The van der Waals surface area contributed by atoms with Gasteiger partial charge in [-0.15, -0.1) is 0 Å². The number of ketones is 1. The molecule has 7 rings (SSSR count). The van der Waals surface area contributed by atoms with E-state index in [4.69, 9.17) is 32.7 Å². The van der Waals surface area contributed by atoms with Gasteiger partial charge in [0.2, 0.25) is 11.8 Å². The summed E-state index contributed by atoms with van der Waals surface area (Å²) in [5.41, 5.74) is 1.02. The Morgan fingerprint density at radius 1 is 1.08 bits per heavy atom. The Labute approximate surface area is 218 Å². The first-order valence-electron chi connectivity index (χ1n) is 12.2. The molecule has 0 aromatic heterocycles. The number of nitrogens with zero attached hydrogens (tertiary/aromatic N) is 1. The Hall–Kier alpha value is -2.83. The Balaban J connectivity index is 1.11. The first-order chi connectivity index (χ1) is 17.3. The number of carbonyl (C=O) groups excluding carboxylic acids is 3. The van der Waals surface area contributed by atoms with Gasteiger partial charge in [0.1, 0.15) is 5.75 Å². The number of hydrogen-bond donors (Lipinski definition) is 0. The third-order valence-electron chi connectivity index (χ3n) is 9.25. The zero-order chi connectivity index (χ0) is 24.9. The summed E-state index contributed by atoms with van der Waals surface area (Å²) in [7, 11) is 1.55. The van der Waals surface area contributed by atoms with E-state index in [1.165, 1.54) is 17.0 Å². The number of allylic oxidation sites excluding steroid dienone is 2. The zero-order valence-corrected chi connectivity index (χ0v) is 21.0. The van der Waals surface area contributed by atoms with Crippen molar-refractivity contribution in [1.29, 1.82) is 0 Å². The Morgan fingerprint density at radius 3 is 2.50 bits per heavy atom. The summed E-state index contributed by atoms with van der Waals surface area (Å²) in [5, 5.41) is 0.269. The average Bonchev–Trinajstić information content (AvgIpc) is 3.35. The first-order valence-corrected chi connectivity index (χ1v) is 12.9. The van der Waals surface area contributed by atoms with Crippen molar-refractivity contribution in [2.45, 2.75) is 12.8 Å². The third-order valence-corrected chi connectivity index (χ3v) is 9.82. The van der Waals surface area contributed by atoms with E-state index in [0.717, 1.165) is 6.42 Å². The molecule has 3 saturated carbocycles. The maximum absolute atomic E-state index is 13.7. The molecular formula is C28H23Cl2NO5. The number of amides is 2. The fraction of sp³-hybridized carbons (Fsp3) is 0.393. The number of anilines is 1. The van der Waals surface area contributed by atoms with Gasteiger partial charge in [0, 0.05) is 17.9 Å². The van der Waals surface area contributed by atoms with Gasteiger partial charge in [-0.1, -0.05) is 35.4 Å². The van der Waals surface area contributed by atoms with E-state index >= 15 is 0 Å². The largest absolute Gasteiger partial charge is 0.497 e. The summed E-state index contributed by atoms with van der Waals surface area (Å²) in [6.07, 6.45) is 6.02. The van der Waals surface area contributed by atoms with Crippen LogP contribution in [-0.2, 0) is 9.59 Å². The molecule has 6 nitrogen and oxygen atoms in total. The van der Waals surface area contributed by atoms with Gasteiger partial charge < -0.3 is 9.47 Å². The molecule has 8 heteroatoms. The van der Waals surface area contributed by atoms with Crippen LogP contribution < -0.4 is 14.4 Å². The van der Waals surface area contributed by atoms with Crippen LogP contribution in [0, 0.1) is 40.9 Å². The molecule has 2 aromatic rings. The van der Waals surface area contributed by atoms with Crippen LogP contribution in [0.25, 0.3) is 0 Å². The number of carbonyl (C=O) groups is 3. The molecule has 0 bridgehead atoms. The fourth-order valence-electron chi connectivity index (χ4n) is 7.89. The molecule has 5 aliphatic rings. The lowest BCUT2D eigenvalue weighted by molar-refractivity contribution is -0.138. The molecule has 1 heterocycles. The molecule has 36 heavy (non-hydrogen) atoms. The van der Waals surface area contributed by atoms with Crippen molar-refractivity contribution in [1.82, 2.24) is 0 Å².